The normalized spacial score (nSPS) is 11.4. The summed E-state index contributed by atoms with van der Waals surface area (Å²) in [6.45, 7) is 0. The second kappa shape index (κ2) is 20.5. The largest absolute Gasteiger partial charge is 0.488 e. The molecule has 8 nitrogen and oxygen atoms in total. The Bertz CT molecular complexity index is 4940. The van der Waals surface area contributed by atoms with Crippen molar-refractivity contribution in [3.05, 3.63) is 284 Å². The van der Waals surface area contributed by atoms with E-state index in [9.17, 15) is 10.0 Å². The maximum Gasteiger partial charge on any atom is 0.488 e. The lowest BCUT2D eigenvalue weighted by atomic mass is 9.80. The molecular weight excluding hydrogens is 1050 g/mol. The first-order chi connectivity index (χ1) is 39.5. The fraction of sp³-hybridized carbons (Fsp3) is 0. The highest BCUT2D eigenvalue weighted by atomic mass is 79.9. The Kier molecular flexibility index (Phi) is 12.4. The van der Waals surface area contributed by atoms with Crippen LogP contribution in [0.25, 0.3) is 121 Å². The van der Waals surface area contributed by atoms with Crippen LogP contribution in [0.1, 0.15) is 0 Å². The van der Waals surface area contributed by atoms with Crippen LogP contribution >= 0.6 is 15.9 Å². The van der Waals surface area contributed by atoms with Gasteiger partial charge in [0, 0.05) is 88.3 Å². The molecule has 2 N–H and O–H groups in total. The molecule has 0 amide bonds. The molecule has 0 bridgehead atoms. The van der Waals surface area contributed by atoms with Gasteiger partial charge in [0.15, 0.2) is 0 Å². The van der Waals surface area contributed by atoms with Gasteiger partial charge in [-0.15, -0.1) is 0 Å². The van der Waals surface area contributed by atoms with Gasteiger partial charge in [-0.3, -0.25) is 9.13 Å². The van der Waals surface area contributed by atoms with Gasteiger partial charge in [0.05, 0.1) is 33.1 Å². The van der Waals surface area contributed by atoms with Crippen LogP contribution in [0.5, 0.6) is 0 Å². The van der Waals surface area contributed by atoms with Crippen LogP contribution in [0.3, 0.4) is 0 Å². The van der Waals surface area contributed by atoms with Gasteiger partial charge in [0.1, 0.15) is 11.3 Å². The Morgan fingerprint density at radius 1 is 0.312 bits per heavy atom. The zero-order valence-corrected chi connectivity index (χ0v) is 44.7. The molecular formula is C70H48BBrN6O2. The van der Waals surface area contributed by atoms with Crippen molar-refractivity contribution in [2.24, 2.45) is 0 Å². The third-order valence-corrected chi connectivity index (χ3v) is 15.7. The topological polar surface area (TPSA) is 86.0 Å². The van der Waals surface area contributed by atoms with Gasteiger partial charge >= 0.3 is 7.12 Å². The standard InChI is InChI=1S/C35H23N3.C18H14BNO2.C17H11BrN2/c1-3-11-25(12-4-1)37-32-19-8-7-15-28(32)31-23-24(20-21-33(31)37)27-16-9-17-29-30-18-10-22-36-35(30)38(34(27)29)26-13-5-2-6-14-26;21-19(22)13-10-11-18-16(12-13)15-8-4-5-9-17(15)20(18)14-6-2-1-3-7-14;18-15-10-4-8-13-14-9-5-11-19-17(14)20(16(13)15)12-6-2-1-3-7-12/h1-23H;1-12,21-22H;1-11H. The molecule has 80 heavy (non-hydrogen) atoms. The van der Waals surface area contributed by atoms with Crippen molar-refractivity contribution in [3.63, 3.8) is 0 Å². The van der Waals surface area contributed by atoms with E-state index in [1.807, 2.05) is 85.2 Å². The molecule has 0 aliphatic rings. The third kappa shape index (κ3) is 8.33. The van der Waals surface area contributed by atoms with Crippen LogP contribution in [0.4, 0.5) is 0 Å². The van der Waals surface area contributed by atoms with Crippen LogP contribution in [-0.4, -0.2) is 45.4 Å². The average Bonchev–Trinajstić information content (AvgIpc) is 4.46. The van der Waals surface area contributed by atoms with Gasteiger partial charge in [-0.05, 0) is 136 Å². The average molecular weight is 1100 g/mol. The monoisotopic (exact) mass is 1090 g/mol. The van der Waals surface area contributed by atoms with E-state index in [0.29, 0.717) is 5.46 Å². The first kappa shape index (κ1) is 48.5. The molecule has 0 atom stereocenters. The SMILES string of the molecule is Brc1cccc2c3cccnc3n(-c3ccccc3)c12.OB(O)c1ccc2c(c1)c1ccccc1n2-c1ccccc1.c1ccc(-n2c3ccccc3c3cc(-c4cccc5c6cccnc6n(-c6ccccc6)c45)ccc32)cc1. The highest BCUT2D eigenvalue weighted by Gasteiger charge is 2.21. The zero-order chi connectivity index (χ0) is 53.7. The minimum absolute atomic E-state index is 0.503. The summed E-state index contributed by atoms with van der Waals surface area (Å²) in [5.74, 6) is 0. The molecule has 0 radical (unpaired) electrons. The lowest BCUT2D eigenvalue weighted by Gasteiger charge is -2.12. The Labute approximate surface area is 469 Å². The summed E-state index contributed by atoms with van der Waals surface area (Å²) in [7, 11) is -1.46. The third-order valence-electron chi connectivity index (χ3n) is 15.1. The first-order valence-corrected chi connectivity index (χ1v) is 27.4. The van der Waals surface area contributed by atoms with Crippen molar-refractivity contribution in [3.8, 4) is 33.9 Å². The van der Waals surface area contributed by atoms with Crippen molar-refractivity contribution in [1.82, 2.24) is 28.2 Å². The minimum atomic E-state index is -1.46. The Balaban J connectivity index is 0.000000117. The van der Waals surface area contributed by atoms with Gasteiger partial charge in [-0.1, -0.05) is 158 Å². The van der Waals surface area contributed by atoms with Crippen molar-refractivity contribution >= 4 is 116 Å². The molecule has 0 spiro atoms. The van der Waals surface area contributed by atoms with E-state index in [4.69, 9.17) is 4.98 Å². The second-order valence-electron chi connectivity index (χ2n) is 19.7. The van der Waals surface area contributed by atoms with Crippen LogP contribution in [-0.2, 0) is 0 Å². The molecule has 0 aliphatic heterocycles. The van der Waals surface area contributed by atoms with Crippen LogP contribution in [0, 0.1) is 0 Å². The number of rotatable bonds is 6. The van der Waals surface area contributed by atoms with Crippen molar-refractivity contribution in [2.45, 2.75) is 0 Å². The summed E-state index contributed by atoms with van der Waals surface area (Å²) < 4.78 is 10.1. The molecule has 16 rings (SSSR count). The number of aromatic nitrogens is 6. The van der Waals surface area contributed by atoms with Gasteiger partial charge in [-0.2, -0.15) is 0 Å². The number of hydrogen-bond donors (Lipinski definition) is 2. The molecule has 0 fully saturated rings. The van der Waals surface area contributed by atoms with Gasteiger partial charge < -0.3 is 19.2 Å². The van der Waals surface area contributed by atoms with E-state index >= 15 is 0 Å². The number of halogens is 1. The smallest absolute Gasteiger partial charge is 0.423 e. The summed E-state index contributed by atoms with van der Waals surface area (Å²) >= 11 is 3.67. The maximum atomic E-state index is 9.43. The number of hydrogen-bond acceptors (Lipinski definition) is 4. The molecule has 6 heterocycles. The second-order valence-corrected chi connectivity index (χ2v) is 20.5. The molecule has 0 unspecified atom stereocenters. The molecule has 16 aromatic rings. The van der Waals surface area contributed by atoms with Crippen molar-refractivity contribution in [2.75, 3.05) is 0 Å². The molecule has 0 saturated carbocycles. The van der Waals surface area contributed by atoms with E-state index in [-0.39, 0.29) is 0 Å². The predicted molar refractivity (Wildman–Crippen MR) is 335 cm³/mol. The highest BCUT2D eigenvalue weighted by molar-refractivity contribution is 9.10. The number of benzene rings is 10. The van der Waals surface area contributed by atoms with E-state index in [2.05, 4.69) is 227 Å². The van der Waals surface area contributed by atoms with E-state index in [1.54, 1.807) is 6.07 Å². The van der Waals surface area contributed by atoms with Crippen molar-refractivity contribution in [1.29, 1.82) is 0 Å². The molecule has 380 valence electrons. The first-order valence-electron chi connectivity index (χ1n) is 26.6. The summed E-state index contributed by atoms with van der Waals surface area (Å²) in [4.78, 5) is 9.39. The minimum Gasteiger partial charge on any atom is -0.423 e. The Morgan fingerprint density at radius 3 is 1.24 bits per heavy atom. The van der Waals surface area contributed by atoms with Crippen LogP contribution < -0.4 is 5.46 Å². The summed E-state index contributed by atoms with van der Waals surface area (Å²) in [6.07, 6.45) is 3.72. The lowest BCUT2D eigenvalue weighted by molar-refractivity contribution is 0.426. The molecule has 0 saturated heterocycles. The molecule has 6 aromatic heterocycles. The summed E-state index contributed by atoms with van der Waals surface area (Å²) in [5, 5.41) is 28.2. The molecule has 10 aromatic carbocycles. The fourth-order valence-electron chi connectivity index (χ4n) is 11.6. The molecule has 0 aliphatic carbocycles. The lowest BCUT2D eigenvalue weighted by Crippen LogP contribution is -2.29. The number of fused-ring (bicyclic) bond motifs is 12. The van der Waals surface area contributed by atoms with Crippen LogP contribution in [0.2, 0.25) is 0 Å². The zero-order valence-electron chi connectivity index (χ0n) is 43.1. The predicted octanol–water partition coefficient (Wildman–Crippen LogP) is 16.3. The van der Waals surface area contributed by atoms with Gasteiger partial charge in [-0.25, -0.2) is 9.97 Å². The van der Waals surface area contributed by atoms with E-state index < -0.39 is 7.12 Å². The van der Waals surface area contributed by atoms with E-state index in [0.717, 1.165) is 65.5 Å². The Morgan fingerprint density at radius 2 is 0.713 bits per heavy atom. The number of para-hydroxylation sites is 8. The Hall–Kier alpha value is -9.84. The van der Waals surface area contributed by atoms with E-state index in [1.165, 1.54) is 60.3 Å². The quantitative estimate of drug-likeness (QED) is 0.162. The van der Waals surface area contributed by atoms with Crippen molar-refractivity contribution < 1.29 is 10.0 Å². The number of nitrogens with zero attached hydrogens (tertiary/aromatic N) is 6. The highest BCUT2D eigenvalue weighted by Crippen LogP contribution is 2.41. The summed E-state index contributed by atoms with van der Waals surface area (Å²) in [6, 6.07) is 92.1. The van der Waals surface area contributed by atoms with Gasteiger partial charge in [0.2, 0.25) is 0 Å². The van der Waals surface area contributed by atoms with Crippen LogP contribution in [0.15, 0.2) is 284 Å². The fourth-order valence-corrected chi connectivity index (χ4v) is 12.2. The molecule has 10 heteroatoms. The maximum absolute atomic E-state index is 9.43. The van der Waals surface area contributed by atoms with Gasteiger partial charge in [0.25, 0.3) is 0 Å². The number of pyridine rings is 2. The summed E-state index contributed by atoms with van der Waals surface area (Å²) in [5.41, 5.74) is 16.3.